The number of alkyl halides is 3. The molecule has 27 heavy (non-hydrogen) atoms. The fourth-order valence-corrected chi connectivity index (χ4v) is 3.17. The minimum atomic E-state index is -4.59. The number of anilines is 1. The van der Waals surface area contributed by atoms with Gasteiger partial charge in [-0.05, 0) is 29.8 Å². The van der Waals surface area contributed by atoms with Gasteiger partial charge in [-0.1, -0.05) is 29.1 Å². The van der Waals surface area contributed by atoms with Crippen molar-refractivity contribution in [3.8, 4) is 0 Å². The zero-order valence-corrected chi connectivity index (χ0v) is 16.2. The molecule has 0 N–H and O–H groups in total. The number of allylic oxidation sites excluding steroid dienone is 1. The molecule has 0 atom stereocenters. The van der Waals surface area contributed by atoms with Crippen LogP contribution in [0.2, 0.25) is 5.28 Å². The third-order valence-electron chi connectivity index (χ3n) is 3.88. The number of pyridine rings is 1. The SMILES string of the molecule is C=CC1=C(C(=C)Br)COCCN1c1nc(Cl)nc2nc(C(F)(F)F)ccc12. The molecular formula is C17H13BrClF3N4O. The Bertz CT molecular complexity index is 961. The first-order valence-electron chi connectivity index (χ1n) is 7.69. The Kier molecular flexibility index (Phi) is 5.55. The monoisotopic (exact) mass is 460 g/mol. The van der Waals surface area contributed by atoms with E-state index in [1.54, 1.807) is 11.0 Å². The Morgan fingerprint density at radius 2 is 2.04 bits per heavy atom. The molecule has 5 nitrogen and oxygen atoms in total. The van der Waals surface area contributed by atoms with Crippen LogP contribution in [0.1, 0.15) is 5.69 Å². The van der Waals surface area contributed by atoms with Crippen molar-refractivity contribution in [3.05, 3.63) is 58.1 Å². The lowest BCUT2D eigenvalue weighted by molar-refractivity contribution is -0.141. The molecule has 2 aromatic rings. The van der Waals surface area contributed by atoms with E-state index in [1.165, 1.54) is 6.07 Å². The standard InChI is InChI=1S/C17H13BrClF3N4O/c1-3-12-11(9(2)18)8-27-7-6-26(12)15-10-4-5-13(17(20,21)22)23-14(10)24-16(19)25-15/h3-5H,1-2,6-8H2. The molecule has 2 aromatic heterocycles. The van der Waals surface area contributed by atoms with Crippen LogP contribution < -0.4 is 4.90 Å². The van der Waals surface area contributed by atoms with Crippen molar-refractivity contribution >= 4 is 44.4 Å². The third kappa shape index (κ3) is 3.99. The number of halogens is 5. The van der Waals surface area contributed by atoms with Crippen LogP contribution in [0.25, 0.3) is 11.0 Å². The molecule has 0 bridgehead atoms. The van der Waals surface area contributed by atoms with Gasteiger partial charge in [-0.3, -0.25) is 0 Å². The smallest absolute Gasteiger partial charge is 0.375 e. The molecule has 0 saturated carbocycles. The molecule has 0 amide bonds. The Balaban J connectivity index is 2.24. The summed E-state index contributed by atoms with van der Waals surface area (Å²) in [4.78, 5) is 13.4. The summed E-state index contributed by atoms with van der Waals surface area (Å²) in [6.07, 6.45) is -2.98. The second-order valence-corrected chi connectivity index (χ2v) is 6.85. The van der Waals surface area contributed by atoms with Crippen molar-refractivity contribution in [1.82, 2.24) is 15.0 Å². The van der Waals surface area contributed by atoms with Crippen LogP contribution in [0.5, 0.6) is 0 Å². The number of ether oxygens (including phenoxy) is 1. The average Bonchev–Trinajstić information content (AvgIpc) is 2.81. The highest BCUT2D eigenvalue weighted by molar-refractivity contribution is 9.11. The van der Waals surface area contributed by atoms with E-state index in [0.29, 0.717) is 41.1 Å². The first kappa shape index (κ1) is 19.8. The number of rotatable bonds is 3. The van der Waals surface area contributed by atoms with Gasteiger partial charge < -0.3 is 9.64 Å². The van der Waals surface area contributed by atoms with Crippen LogP contribution >= 0.6 is 27.5 Å². The molecule has 3 rings (SSSR count). The van der Waals surface area contributed by atoms with Gasteiger partial charge >= 0.3 is 6.18 Å². The fourth-order valence-electron chi connectivity index (χ4n) is 2.69. The van der Waals surface area contributed by atoms with E-state index in [4.69, 9.17) is 16.3 Å². The topological polar surface area (TPSA) is 51.1 Å². The summed E-state index contributed by atoms with van der Waals surface area (Å²) in [7, 11) is 0. The first-order valence-corrected chi connectivity index (χ1v) is 8.86. The highest BCUT2D eigenvalue weighted by Crippen LogP contribution is 2.34. The van der Waals surface area contributed by atoms with Gasteiger partial charge in [0, 0.05) is 22.3 Å². The molecule has 142 valence electrons. The number of aromatic nitrogens is 3. The second-order valence-electron chi connectivity index (χ2n) is 5.56. The van der Waals surface area contributed by atoms with Gasteiger partial charge in [-0.25, -0.2) is 4.98 Å². The molecule has 1 aliphatic rings. The van der Waals surface area contributed by atoms with Crippen LogP contribution in [0.4, 0.5) is 19.0 Å². The molecule has 0 spiro atoms. The Morgan fingerprint density at radius 3 is 2.67 bits per heavy atom. The molecule has 0 fully saturated rings. The van der Waals surface area contributed by atoms with Crippen molar-refractivity contribution in [2.24, 2.45) is 0 Å². The summed E-state index contributed by atoms with van der Waals surface area (Å²) in [5, 5.41) is 0.116. The van der Waals surface area contributed by atoms with Crippen LogP contribution in [-0.2, 0) is 10.9 Å². The van der Waals surface area contributed by atoms with Crippen molar-refractivity contribution in [2.75, 3.05) is 24.7 Å². The van der Waals surface area contributed by atoms with Crippen LogP contribution in [0, 0.1) is 0 Å². The molecule has 0 aromatic carbocycles. The number of nitrogens with zero attached hydrogens (tertiary/aromatic N) is 4. The Hall–Kier alpha value is -1.97. The Morgan fingerprint density at radius 1 is 1.30 bits per heavy atom. The maximum absolute atomic E-state index is 13.0. The summed E-state index contributed by atoms with van der Waals surface area (Å²) in [5.41, 5.74) is 0.201. The summed E-state index contributed by atoms with van der Waals surface area (Å²) in [6, 6.07) is 2.17. The van der Waals surface area contributed by atoms with E-state index < -0.39 is 11.9 Å². The molecule has 10 heteroatoms. The lowest BCUT2D eigenvalue weighted by atomic mass is 10.1. The van der Waals surface area contributed by atoms with Crippen molar-refractivity contribution in [1.29, 1.82) is 0 Å². The largest absolute Gasteiger partial charge is 0.433 e. The van der Waals surface area contributed by atoms with Crippen molar-refractivity contribution < 1.29 is 17.9 Å². The van der Waals surface area contributed by atoms with E-state index in [2.05, 4.69) is 44.0 Å². The molecule has 3 heterocycles. The van der Waals surface area contributed by atoms with Crippen LogP contribution in [0.15, 0.2) is 47.1 Å². The van der Waals surface area contributed by atoms with Gasteiger partial charge in [0.25, 0.3) is 0 Å². The summed E-state index contributed by atoms with van der Waals surface area (Å²) in [6.45, 7) is 8.74. The fraction of sp³-hybridized carbons (Fsp3) is 0.235. The molecule has 1 aliphatic heterocycles. The molecule has 0 aliphatic carbocycles. The van der Waals surface area contributed by atoms with Crippen molar-refractivity contribution in [3.63, 3.8) is 0 Å². The van der Waals surface area contributed by atoms with Gasteiger partial charge in [0.1, 0.15) is 11.5 Å². The van der Waals surface area contributed by atoms with Gasteiger partial charge in [0.15, 0.2) is 5.65 Å². The van der Waals surface area contributed by atoms with Gasteiger partial charge in [-0.2, -0.15) is 23.1 Å². The molecule has 0 radical (unpaired) electrons. The second kappa shape index (κ2) is 7.57. The van der Waals surface area contributed by atoms with Gasteiger partial charge in [-0.15, -0.1) is 0 Å². The average molecular weight is 462 g/mol. The minimum absolute atomic E-state index is 0.146. The van der Waals surface area contributed by atoms with E-state index >= 15 is 0 Å². The lowest BCUT2D eigenvalue weighted by Gasteiger charge is -2.25. The minimum Gasteiger partial charge on any atom is -0.375 e. The zero-order chi connectivity index (χ0) is 19.8. The van der Waals surface area contributed by atoms with Crippen molar-refractivity contribution in [2.45, 2.75) is 6.18 Å². The maximum Gasteiger partial charge on any atom is 0.433 e. The maximum atomic E-state index is 13.0. The molecule has 0 unspecified atom stereocenters. The Labute approximate surface area is 166 Å². The highest BCUT2D eigenvalue weighted by Gasteiger charge is 2.33. The van der Waals surface area contributed by atoms with Crippen LogP contribution in [0.3, 0.4) is 0 Å². The van der Waals surface area contributed by atoms with E-state index in [0.717, 1.165) is 11.6 Å². The van der Waals surface area contributed by atoms with E-state index in [9.17, 15) is 13.2 Å². The molecule has 0 saturated heterocycles. The zero-order valence-electron chi connectivity index (χ0n) is 13.9. The lowest BCUT2D eigenvalue weighted by Crippen LogP contribution is -2.26. The number of hydrogen-bond donors (Lipinski definition) is 0. The summed E-state index contributed by atoms with van der Waals surface area (Å²) < 4.78 is 45.1. The summed E-state index contributed by atoms with van der Waals surface area (Å²) >= 11 is 9.31. The predicted octanol–water partition coefficient (Wildman–Crippen LogP) is 4.88. The highest BCUT2D eigenvalue weighted by atomic mass is 79.9. The van der Waals surface area contributed by atoms with Crippen LogP contribution in [-0.4, -0.2) is 34.7 Å². The first-order chi connectivity index (χ1) is 12.7. The van der Waals surface area contributed by atoms with E-state index in [-0.39, 0.29) is 10.9 Å². The molecular weight excluding hydrogens is 449 g/mol. The number of fused-ring (bicyclic) bond motifs is 1. The van der Waals surface area contributed by atoms with E-state index in [1.807, 2.05) is 0 Å². The third-order valence-corrected chi connectivity index (χ3v) is 4.53. The summed E-state index contributed by atoms with van der Waals surface area (Å²) in [5.74, 6) is 0.317. The normalized spacial score (nSPS) is 15.8. The number of hydrogen-bond acceptors (Lipinski definition) is 5. The quantitative estimate of drug-likeness (QED) is 0.610. The van der Waals surface area contributed by atoms with Gasteiger partial charge in [0.2, 0.25) is 5.28 Å². The van der Waals surface area contributed by atoms with Gasteiger partial charge in [0.05, 0.1) is 18.6 Å². The predicted molar refractivity (Wildman–Crippen MR) is 101 cm³/mol.